The van der Waals surface area contributed by atoms with E-state index in [2.05, 4.69) is 26.5 Å². The number of esters is 1. The van der Waals surface area contributed by atoms with E-state index in [4.69, 9.17) is 33.2 Å². The van der Waals surface area contributed by atoms with Crippen LogP contribution in [0.25, 0.3) is 0 Å². The number of benzene rings is 3. The van der Waals surface area contributed by atoms with Gasteiger partial charge >= 0.3 is 5.97 Å². The van der Waals surface area contributed by atoms with E-state index in [1.165, 1.54) is 46.8 Å². The summed E-state index contributed by atoms with van der Waals surface area (Å²) in [5.41, 5.74) is 3.15. The second kappa shape index (κ2) is 13.9. The molecule has 0 radical (unpaired) electrons. The molecular weight excluding hydrogens is 576 g/mol. The molecule has 1 amide bonds. The first-order valence-electron chi connectivity index (χ1n) is 11.3. The fourth-order valence-corrected chi connectivity index (χ4v) is 3.76. The molecule has 0 spiro atoms. The molecule has 0 bridgehead atoms. The number of nitrogens with one attached hydrogen (secondary N) is 1. The van der Waals surface area contributed by atoms with Gasteiger partial charge in [0.1, 0.15) is 11.5 Å². The first-order valence-corrected chi connectivity index (χ1v) is 12.1. The predicted octanol–water partition coefficient (Wildman–Crippen LogP) is 4.24. The molecule has 0 fully saturated rings. The molecule has 11 nitrogen and oxygen atoms in total. The van der Waals surface area contributed by atoms with Crippen molar-refractivity contribution in [2.24, 2.45) is 5.10 Å². The van der Waals surface area contributed by atoms with Gasteiger partial charge in [-0.05, 0) is 70.0 Å². The van der Waals surface area contributed by atoms with Crippen molar-refractivity contribution in [3.8, 4) is 40.2 Å². The lowest BCUT2D eigenvalue weighted by molar-refractivity contribution is -0.123. The molecule has 0 atom stereocenters. The number of hydrogen-bond acceptors (Lipinski definition) is 10. The third-order valence-electron chi connectivity index (χ3n) is 5.19. The predicted molar refractivity (Wildman–Crippen MR) is 146 cm³/mol. The zero-order valence-electron chi connectivity index (χ0n) is 21.9. The number of rotatable bonds is 12. The molecule has 206 valence electrons. The van der Waals surface area contributed by atoms with E-state index in [9.17, 15) is 9.59 Å². The van der Waals surface area contributed by atoms with Crippen molar-refractivity contribution in [1.82, 2.24) is 5.43 Å². The van der Waals surface area contributed by atoms with Crippen LogP contribution in [0.5, 0.6) is 40.2 Å². The van der Waals surface area contributed by atoms with Crippen LogP contribution in [0.1, 0.15) is 15.9 Å². The van der Waals surface area contributed by atoms with Crippen LogP contribution in [0.15, 0.2) is 58.1 Å². The van der Waals surface area contributed by atoms with Crippen molar-refractivity contribution in [3.05, 3.63) is 64.1 Å². The number of halogens is 1. The number of carbonyl (C=O) groups excluding carboxylic acids is 2. The fourth-order valence-electron chi connectivity index (χ4n) is 3.29. The van der Waals surface area contributed by atoms with Crippen molar-refractivity contribution in [3.63, 3.8) is 0 Å². The van der Waals surface area contributed by atoms with Crippen LogP contribution >= 0.6 is 15.9 Å². The molecule has 0 saturated carbocycles. The highest BCUT2D eigenvalue weighted by atomic mass is 79.9. The van der Waals surface area contributed by atoms with Gasteiger partial charge in [0.05, 0.1) is 51.8 Å². The maximum atomic E-state index is 12.8. The van der Waals surface area contributed by atoms with Gasteiger partial charge < -0.3 is 33.2 Å². The van der Waals surface area contributed by atoms with E-state index >= 15 is 0 Å². The van der Waals surface area contributed by atoms with Gasteiger partial charge in [-0.15, -0.1) is 0 Å². The van der Waals surface area contributed by atoms with Gasteiger partial charge in [0.15, 0.2) is 29.6 Å². The molecule has 0 unspecified atom stereocenters. The fraction of sp³-hybridized carbons (Fsp3) is 0.222. The van der Waals surface area contributed by atoms with Crippen LogP contribution in [-0.2, 0) is 4.79 Å². The molecule has 0 aliphatic heterocycles. The Hall–Kier alpha value is -4.45. The summed E-state index contributed by atoms with van der Waals surface area (Å²) >= 11 is 3.36. The largest absolute Gasteiger partial charge is 0.497 e. The van der Waals surface area contributed by atoms with Gasteiger partial charge in [-0.1, -0.05) is 0 Å². The van der Waals surface area contributed by atoms with E-state index in [-0.39, 0.29) is 23.7 Å². The molecule has 3 aromatic carbocycles. The number of methoxy groups -OCH3 is 5. The minimum Gasteiger partial charge on any atom is -0.497 e. The summed E-state index contributed by atoms with van der Waals surface area (Å²) in [5, 5.41) is 3.93. The van der Waals surface area contributed by atoms with Crippen LogP contribution in [0.4, 0.5) is 0 Å². The molecule has 0 saturated heterocycles. The third kappa shape index (κ3) is 7.54. The Bertz CT molecular complexity index is 1340. The third-order valence-corrected chi connectivity index (χ3v) is 5.81. The van der Waals surface area contributed by atoms with Crippen LogP contribution in [0, 0.1) is 0 Å². The number of ether oxygens (including phenoxy) is 7. The average Bonchev–Trinajstić information content (AvgIpc) is 2.96. The van der Waals surface area contributed by atoms with E-state index in [1.807, 2.05) is 0 Å². The van der Waals surface area contributed by atoms with Gasteiger partial charge in [-0.2, -0.15) is 5.10 Å². The van der Waals surface area contributed by atoms with E-state index in [0.717, 1.165) is 0 Å². The minimum atomic E-state index is -0.662. The van der Waals surface area contributed by atoms with Gasteiger partial charge in [-0.25, -0.2) is 10.2 Å². The van der Waals surface area contributed by atoms with Crippen LogP contribution in [0.2, 0.25) is 0 Å². The summed E-state index contributed by atoms with van der Waals surface area (Å²) in [7, 11) is 7.36. The topological polar surface area (TPSA) is 123 Å². The minimum absolute atomic E-state index is 0.177. The standard InChI is InChI=1S/C27H27BrN2O9/c1-33-18-7-9-20(19(28)13-18)38-15-25(31)30-29-14-16-6-8-21(22(10-16)34-2)39-27(32)17-11-23(35-3)26(37-5)24(12-17)36-4/h6-14H,15H2,1-5H3,(H,30,31)/b29-14+. The number of amides is 1. The van der Waals surface area contributed by atoms with Crippen LogP contribution < -0.4 is 38.6 Å². The van der Waals surface area contributed by atoms with Crippen LogP contribution in [-0.4, -0.2) is 60.2 Å². The zero-order valence-corrected chi connectivity index (χ0v) is 23.5. The molecule has 3 aromatic rings. The number of carbonyl (C=O) groups is 2. The number of hydrazone groups is 1. The van der Waals surface area contributed by atoms with Crippen LogP contribution in [0.3, 0.4) is 0 Å². The zero-order chi connectivity index (χ0) is 28.4. The summed E-state index contributed by atoms with van der Waals surface area (Å²) in [5.74, 6) is 1.44. The normalized spacial score (nSPS) is 10.5. The molecule has 1 N–H and O–H groups in total. The van der Waals surface area contributed by atoms with Crippen molar-refractivity contribution >= 4 is 34.0 Å². The Morgan fingerprint density at radius 2 is 1.46 bits per heavy atom. The maximum absolute atomic E-state index is 12.8. The lowest BCUT2D eigenvalue weighted by atomic mass is 10.1. The van der Waals surface area contributed by atoms with Gasteiger partial charge in [0, 0.05) is 0 Å². The molecule has 0 aliphatic carbocycles. The van der Waals surface area contributed by atoms with Gasteiger partial charge in [0.2, 0.25) is 5.75 Å². The quantitative estimate of drug-likeness (QED) is 0.140. The Morgan fingerprint density at radius 3 is 2.05 bits per heavy atom. The highest BCUT2D eigenvalue weighted by molar-refractivity contribution is 9.10. The second-order valence-corrected chi connectivity index (χ2v) is 8.45. The molecule has 39 heavy (non-hydrogen) atoms. The Labute approximate surface area is 233 Å². The lowest BCUT2D eigenvalue weighted by Crippen LogP contribution is -2.24. The highest BCUT2D eigenvalue weighted by Crippen LogP contribution is 2.39. The first kappa shape index (κ1) is 29.1. The SMILES string of the molecule is COc1ccc(OCC(=O)N/N=C/c2ccc(OC(=O)c3cc(OC)c(OC)c(OC)c3)c(OC)c2)c(Br)c1. The summed E-state index contributed by atoms with van der Waals surface area (Å²) in [6.07, 6.45) is 1.41. The smallest absolute Gasteiger partial charge is 0.343 e. The van der Waals surface area contributed by atoms with E-state index in [0.29, 0.717) is 38.8 Å². The first-order chi connectivity index (χ1) is 18.8. The molecule has 0 aliphatic rings. The average molecular weight is 603 g/mol. The summed E-state index contributed by atoms with van der Waals surface area (Å²) in [4.78, 5) is 25.0. The van der Waals surface area contributed by atoms with Crippen molar-refractivity contribution < 1.29 is 42.7 Å². The lowest BCUT2D eigenvalue weighted by Gasteiger charge is -2.14. The molecule has 3 rings (SSSR count). The van der Waals surface area contributed by atoms with E-state index in [1.54, 1.807) is 43.5 Å². The molecular formula is C27H27BrN2O9. The number of nitrogens with zero attached hydrogens (tertiary/aromatic N) is 1. The van der Waals surface area contributed by atoms with Crippen molar-refractivity contribution in [2.45, 2.75) is 0 Å². The van der Waals surface area contributed by atoms with Crippen molar-refractivity contribution in [1.29, 1.82) is 0 Å². The Balaban J connectivity index is 1.63. The van der Waals surface area contributed by atoms with Crippen molar-refractivity contribution in [2.75, 3.05) is 42.2 Å². The monoisotopic (exact) mass is 602 g/mol. The summed E-state index contributed by atoms with van der Waals surface area (Å²) in [6, 6.07) is 12.9. The molecule has 12 heteroatoms. The van der Waals surface area contributed by atoms with Gasteiger partial charge in [0.25, 0.3) is 5.91 Å². The Morgan fingerprint density at radius 1 is 0.795 bits per heavy atom. The highest BCUT2D eigenvalue weighted by Gasteiger charge is 2.19. The van der Waals surface area contributed by atoms with Gasteiger partial charge in [-0.3, -0.25) is 4.79 Å². The summed E-state index contributed by atoms with van der Waals surface area (Å²) < 4.78 is 38.0. The molecule has 0 aromatic heterocycles. The number of hydrogen-bond donors (Lipinski definition) is 1. The summed E-state index contributed by atoms with van der Waals surface area (Å²) in [6.45, 7) is -0.249. The molecule has 0 heterocycles. The maximum Gasteiger partial charge on any atom is 0.343 e. The Kier molecular flexibility index (Phi) is 10.4. The van der Waals surface area contributed by atoms with E-state index < -0.39 is 11.9 Å². The second-order valence-electron chi connectivity index (χ2n) is 7.59.